The monoisotopic (exact) mass is 259 g/mol. The van der Waals surface area contributed by atoms with E-state index in [1.54, 1.807) is 0 Å². The molecule has 0 amide bonds. The molecular formula is C14H17N3O2. The molecule has 5 nitrogen and oxygen atoms in total. The molecule has 0 saturated carbocycles. The summed E-state index contributed by atoms with van der Waals surface area (Å²) in [7, 11) is 0. The van der Waals surface area contributed by atoms with E-state index in [4.69, 9.17) is 4.74 Å². The molecule has 0 atom stereocenters. The van der Waals surface area contributed by atoms with Crippen LogP contribution in [0.2, 0.25) is 0 Å². The van der Waals surface area contributed by atoms with Gasteiger partial charge >= 0.3 is 0 Å². The van der Waals surface area contributed by atoms with E-state index in [2.05, 4.69) is 9.88 Å². The second kappa shape index (κ2) is 5.50. The fourth-order valence-electron chi connectivity index (χ4n) is 2.49. The Hall–Kier alpha value is -1.72. The molecule has 1 fully saturated rings. The minimum absolute atomic E-state index is 0.509. The van der Waals surface area contributed by atoms with Gasteiger partial charge in [0, 0.05) is 26.2 Å². The molecule has 1 aromatic heterocycles. The van der Waals surface area contributed by atoms with E-state index < -0.39 is 0 Å². The predicted octanol–water partition coefficient (Wildman–Crippen LogP) is 1.18. The van der Waals surface area contributed by atoms with E-state index in [1.165, 1.54) is 0 Å². The van der Waals surface area contributed by atoms with Crippen molar-refractivity contribution in [2.24, 2.45) is 0 Å². The van der Waals surface area contributed by atoms with Gasteiger partial charge in [0.2, 0.25) is 0 Å². The molecule has 19 heavy (non-hydrogen) atoms. The molecule has 100 valence electrons. The first-order chi connectivity index (χ1) is 9.38. The standard InChI is InChI=1S/C14H17N3O2/c18-11-14-15-12-3-1-2-4-13(12)17(14)6-5-16-7-9-19-10-8-16/h1-4,11H,5-10H2. The van der Waals surface area contributed by atoms with Gasteiger partial charge in [-0.1, -0.05) is 12.1 Å². The molecule has 1 saturated heterocycles. The highest BCUT2D eigenvalue weighted by atomic mass is 16.5. The Morgan fingerprint density at radius 2 is 2.00 bits per heavy atom. The smallest absolute Gasteiger partial charge is 0.185 e. The molecule has 0 radical (unpaired) electrons. The summed E-state index contributed by atoms with van der Waals surface area (Å²) in [6, 6.07) is 7.86. The SMILES string of the molecule is O=Cc1nc2ccccc2n1CCN1CCOCC1. The van der Waals surface area contributed by atoms with Crippen molar-refractivity contribution in [3.63, 3.8) is 0 Å². The lowest BCUT2D eigenvalue weighted by atomic mass is 10.3. The van der Waals surface area contributed by atoms with Crippen molar-refractivity contribution in [2.75, 3.05) is 32.8 Å². The Labute approximate surface area is 111 Å². The van der Waals surface area contributed by atoms with Crippen LogP contribution in [-0.4, -0.2) is 53.6 Å². The van der Waals surface area contributed by atoms with Crippen LogP contribution >= 0.6 is 0 Å². The summed E-state index contributed by atoms with van der Waals surface area (Å²) in [5.41, 5.74) is 1.91. The number of carbonyl (C=O) groups excluding carboxylic acids is 1. The van der Waals surface area contributed by atoms with Gasteiger partial charge in [-0.25, -0.2) is 4.98 Å². The second-order valence-electron chi connectivity index (χ2n) is 4.68. The maximum absolute atomic E-state index is 11.1. The summed E-state index contributed by atoms with van der Waals surface area (Å²) in [5.74, 6) is 0.509. The van der Waals surface area contributed by atoms with Crippen LogP contribution < -0.4 is 0 Å². The Balaban J connectivity index is 1.80. The minimum Gasteiger partial charge on any atom is -0.379 e. The highest BCUT2D eigenvalue weighted by Gasteiger charge is 2.13. The van der Waals surface area contributed by atoms with E-state index in [9.17, 15) is 4.79 Å². The first-order valence-electron chi connectivity index (χ1n) is 6.59. The Morgan fingerprint density at radius 3 is 2.79 bits per heavy atom. The molecule has 5 heteroatoms. The Morgan fingerprint density at radius 1 is 1.21 bits per heavy atom. The molecular weight excluding hydrogens is 242 g/mol. The van der Waals surface area contributed by atoms with Crippen LogP contribution in [0.5, 0.6) is 0 Å². The van der Waals surface area contributed by atoms with E-state index in [0.717, 1.165) is 56.7 Å². The highest BCUT2D eigenvalue weighted by Crippen LogP contribution is 2.15. The van der Waals surface area contributed by atoms with Crippen LogP contribution in [0.25, 0.3) is 11.0 Å². The van der Waals surface area contributed by atoms with Gasteiger partial charge in [-0.05, 0) is 12.1 Å². The van der Waals surface area contributed by atoms with Crippen LogP contribution in [0, 0.1) is 0 Å². The van der Waals surface area contributed by atoms with E-state index in [1.807, 2.05) is 28.8 Å². The summed E-state index contributed by atoms with van der Waals surface area (Å²) >= 11 is 0. The normalized spacial score (nSPS) is 16.8. The summed E-state index contributed by atoms with van der Waals surface area (Å²) in [5, 5.41) is 0. The molecule has 0 unspecified atom stereocenters. The molecule has 0 aliphatic carbocycles. The van der Waals surface area contributed by atoms with Gasteiger partial charge in [-0.3, -0.25) is 9.69 Å². The first kappa shape index (κ1) is 12.3. The van der Waals surface area contributed by atoms with Crippen molar-refractivity contribution in [2.45, 2.75) is 6.54 Å². The number of hydrogen-bond donors (Lipinski definition) is 0. The number of ether oxygens (including phenoxy) is 1. The highest BCUT2D eigenvalue weighted by molar-refractivity contribution is 5.82. The Bertz CT molecular complexity index is 573. The number of para-hydroxylation sites is 2. The molecule has 1 aliphatic rings. The van der Waals surface area contributed by atoms with Gasteiger partial charge in [0.05, 0.1) is 24.2 Å². The lowest BCUT2D eigenvalue weighted by Crippen LogP contribution is -2.38. The number of carbonyl (C=O) groups is 1. The van der Waals surface area contributed by atoms with E-state index >= 15 is 0 Å². The molecule has 0 spiro atoms. The van der Waals surface area contributed by atoms with Crippen molar-refractivity contribution < 1.29 is 9.53 Å². The zero-order valence-electron chi connectivity index (χ0n) is 10.8. The third-order valence-electron chi connectivity index (χ3n) is 3.53. The maximum Gasteiger partial charge on any atom is 0.185 e. The quantitative estimate of drug-likeness (QED) is 0.774. The van der Waals surface area contributed by atoms with Crippen LogP contribution in [0.15, 0.2) is 24.3 Å². The fourth-order valence-corrected chi connectivity index (χ4v) is 2.49. The van der Waals surface area contributed by atoms with Gasteiger partial charge in [-0.2, -0.15) is 0 Å². The largest absolute Gasteiger partial charge is 0.379 e. The fraction of sp³-hybridized carbons (Fsp3) is 0.429. The second-order valence-corrected chi connectivity index (χ2v) is 4.68. The van der Waals surface area contributed by atoms with Gasteiger partial charge in [0.15, 0.2) is 12.1 Å². The van der Waals surface area contributed by atoms with Gasteiger partial charge in [0.25, 0.3) is 0 Å². The summed E-state index contributed by atoms with van der Waals surface area (Å²) in [6.07, 6.45) is 0.833. The molecule has 0 N–H and O–H groups in total. The number of morpholine rings is 1. The third-order valence-corrected chi connectivity index (χ3v) is 3.53. The van der Waals surface area contributed by atoms with Crippen molar-refractivity contribution in [1.29, 1.82) is 0 Å². The van der Waals surface area contributed by atoms with Crippen molar-refractivity contribution in [3.8, 4) is 0 Å². The molecule has 1 aliphatic heterocycles. The number of fused-ring (bicyclic) bond motifs is 1. The lowest BCUT2D eigenvalue weighted by molar-refractivity contribution is 0.0364. The van der Waals surface area contributed by atoms with Crippen molar-refractivity contribution in [3.05, 3.63) is 30.1 Å². The number of aldehydes is 1. The predicted molar refractivity (Wildman–Crippen MR) is 72.4 cm³/mol. The van der Waals surface area contributed by atoms with Gasteiger partial charge in [-0.15, -0.1) is 0 Å². The van der Waals surface area contributed by atoms with Crippen LogP contribution in [0.1, 0.15) is 10.6 Å². The summed E-state index contributed by atoms with van der Waals surface area (Å²) in [4.78, 5) is 17.8. The number of imidazole rings is 1. The molecule has 0 bridgehead atoms. The van der Waals surface area contributed by atoms with Crippen molar-refractivity contribution >= 4 is 17.3 Å². The van der Waals surface area contributed by atoms with Gasteiger partial charge in [0.1, 0.15) is 0 Å². The summed E-state index contributed by atoms with van der Waals surface area (Å²) < 4.78 is 7.33. The number of hydrogen-bond acceptors (Lipinski definition) is 4. The topological polar surface area (TPSA) is 47.4 Å². The molecule has 2 heterocycles. The summed E-state index contributed by atoms with van der Waals surface area (Å²) in [6.45, 7) is 5.22. The van der Waals surface area contributed by atoms with E-state index in [0.29, 0.717) is 5.82 Å². The number of aromatic nitrogens is 2. The number of benzene rings is 1. The maximum atomic E-state index is 11.1. The minimum atomic E-state index is 0.509. The molecule has 3 rings (SSSR count). The van der Waals surface area contributed by atoms with Crippen molar-refractivity contribution in [1.82, 2.24) is 14.5 Å². The molecule has 1 aromatic carbocycles. The first-order valence-corrected chi connectivity index (χ1v) is 6.59. The van der Waals surface area contributed by atoms with Crippen LogP contribution in [0.3, 0.4) is 0 Å². The van der Waals surface area contributed by atoms with Gasteiger partial charge < -0.3 is 9.30 Å². The van der Waals surface area contributed by atoms with Crippen LogP contribution in [-0.2, 0) is 11.3 Å². The average Bonchev–Trinajstić information content (AvgIpc) is 2.84. The lowest BCUT2D eigenvalue weighted by Gasteiger charge is -2.26. The number of nitrogens with zero attached hydrogens (tertiary/aromatic N) is 3. The zero-order valence-corrected chi connectivity index (χ0v) is 10.8. The third kappa shape index (κ3) is 2.52. The van der Waals surface area contributed by atoms with Crippen LogP contribution in [0.4, 0.5) is 0 Å². The Kier molecular flexibility index (Phi) is 3.57. The zero-order chi connectivity index (χ0) is 13.1. The number of rotatable bonds is 4. The van der Waals surface area contributed by atoms with E-state index in [-0.39, 0.29) is 0 Å². The molecule has 2 aromatic rings. The average molecular weight is 259 g/mol.